The van der Waals surface area contributed by atoms with Crippen molar-refractivity contribution in [3.8, 4) is 5.75 Å². The lowest BCUT2D eigenvalue weighted by Gasteiger charge is -2.39. The Morgan fingerprint density at radius 2 is 1.96 bits per heavy atom. The molecule has 1 amide bonds. The molecular formula is C17H16N4O3S. The fourth-order valence-electron chi connectivity index (χ4n) is 2.77. The third-order valence-electron chi connectivity index (χ3n) is 4.42. The molecule has 0 unspecified atom stereocenters. The normalized spacial score (nSPS) is 14.6. The van der Waals surface area contributed by atoms with Crippen molar-refractivity contribution in [2.45, 2.75) is 13.0 Å². The molecule has 3 aromatic rings. The van der Waals surface area contributed by atoms with E-state index in [9.17, 15) is 9.59 Å². The van der Waals surface area contributed by atoms with E-state index >= 15 is 0 Å². The van der Waals surface area contributed by atoms with Crippen LogP contribution in [-0.2, 0) is 7.05 Å². The molecule has 0 aliphatic carbocycles. The van der Waals surface area contributed by atoms with Gasteiger partial charge < -0.3 is 14.2 Å². The zero-order valence-electron chi connectivity index (χ0n) is 13.8. The van der Waals surface area contributed by atoms with Crippen LogP contribution in [0.5, 0.6) is 5.75 Å². The lowest BCUT2D eigenvalue weighted by Crippen LogP contribution is -2.56. The zero-order chi connectivity index (χ0) is 17.6. The number of ether oxygens (including phenoxy) is 1. The number of nitrogens with zero attached hydrogens (tertiary/aromatic N) is 4. The van der Waals surface area contributed by atoms with Crippen molar-refractivity contribution in [1.82, 2.24) is 18.2 Å². The number of hydrogen-bond acceptors (Lipinski definition) is 6. The maximum absolute atomic E-state index is 12.5. The molecule has 2 aromatic heterocycles. The van der Waals surface area contributed by atoms with Gasteiger partial charge in [0.1, 0.15) is 22.9 Å². The first-order chi connectivity index (χ1) is 12.0. The van der Waals surface area contributed by atoms with Crippen molar-refractivity contribution in [2.24, 2.45) is 7.05 Å². The van der Waals surface area contributed by atoms with Crippen LogP contribution in [0.3, 0.4) is 0 Å². The number of pyridine rings is 1. The second-order valence-electron chi connectivity index (χ2n) is 6.15. The molecule has 0 radical (unpaired) electrons. The van der Waals surface area contributed by atoms with Gasteiger partial charge in [0.25, 0.3) is 11.5 Å². The molecule has 1 aliphatic rings. The Balaban J connectivity index is 1.41. The molecule has 1 aliphatic heterocycles. The van der Waals surface area contributed by atoms with Gasteiger partial charge in [-0.3, -0.25) is 9.59 Å². The minimum Gasteiger partial charge on any atom is -0.486 e. The summed E-state index contributed by atoms with van der Waals surface area (Å²) in [6, 6.07) is 8.64. The predicted octanol–water partition coefficient (Wildman–Crippen LogP) is 1.60. The molecule has 0 saturated carbocycles. The first kappa shape index (κ1) is 15.8. The molecule has 4 rings (SSSR count). The number of aromatic nitrogens is 3. The molecule has 1 aromatic carbocycles. The van der Waals surface area contributed by atoms with Gasteiger partial charge in [-0.25, -0.2) is 0 Å². The van der Waals surface area contributed by atoms with Gasteiger partial charge in [-0.15, -0.1) is 0 Å². The number of carbonyl (C=O) groups excluding carboxylic acids is 1. The molecule has 0 spiro atoms. The molecule has 25 heavy (non-hydrogen) atoms. The van der Waals surface area contributed by atoms with Crippen molar-refractivity contribution in [3.63, 3.8) is 0 Å². The van der Waals surface area contributed by atoms with Crippen LogP contribution < -0.4 is 10.3 Å². The summed E-state index contributed by atoms with van der Waals surface area (Å²) in [5.41, 5.74) is 2.86. The van der Waals surface area contributed by atoms with Crippen LogP contribution in [0.2, 0.25) is 0 Å². The summed E-state index contributed by atoms with van der Waals surface area (Å²) in [4.78, 5) is 26.0. The van der Waals surface area contributed by atoms with E-state index in [0.717, 1.165) is 28.5 Å². The highest BCUT2D eigenvalue weighted by Gasteiger charge is 2.33. The molecule has 128 valence electrons. The number of carbonyl (C=O) groups is 1. The van der Waals surface area contributed by atoms with Crippen LogP contribution in [0.15, 0.2) is 35.1 Å². The van der Waals surface area contributed by atoms with Crippen LogP contribution in [-0.4, -0.2) is 43.3 Å². The Kier molecular flexibility index (Phi) is 3.76. The Morgan fingerprint density at radius 1 is 1.20 bits per heavy atom. The summed E-state index contributed by atoms with van der Waals surface area (Å²) >= 11 is 1.13. The summed E-state index contributed by atoms with van der Waals surface area (Å²) in [7, 11) is 1.72. The first-order valence-electron chi connectivity index (χ1n) is 7.87. The second-order valence-corrected chi connectivity index (χ2v) is 6.68. The number of fused-ring (bicyclic) bond motifs is 1. The molecule has 1 fully saturated rings. The van der Waals surface area contributed by atoms with E-state index in [0.29, 0.717) is 24.4 Å². The summed E-state index contributed by atoms with van der Waals surface area (Å²) in [5, 5.41) is 0. The summed E-state index contributed by atoms with van der Waals surface area (Å²) in [5.74, 6) is 0.502. The number of benzene rings is 1. The van der Waals surface area contributed by atoms with Gasteiger partial charge in [-0.2, -0.15) is 8.75 Å². The van der Waals surface area contributed by atoms with Crippen LogP contribution in [0, 0.1) is 6.92 Å². The van der Waals surface area contributed by atoms with Crippen molar-refractivity contribution in [3.05, 3.63) is 51.9 Å². The Bertz CT molecular complexity index is 1020. The van der Waals surface area contributed by atoms with Gasteiger partial charge in [0.05, 0.1) is 24.8 Å². The third-order valence-corrected chi connectivity index (χ3v) is 4.97. The van der Waals surface area contributed by atoms with E-state index < -0.39 is 0 Å². The highest BCUT2D eigenvalue weighted by atomic mass is 32.1. The molecular weight excluding hydrogens is 340 g/mol. The van der Waals surface area contributed by atoms with E-state index in [1.54, 1.807) is 28.6 Å². The largest absolute Gasteiger partial charge is 0.486 e. The fraction of sp³-hybridized carbons (Fsp3) is 0.294. The van der Waals surface area contributed by atoms with Gasteiger partial charge >= 0.3 is 0 Å². The maximum atomic E-state index is 12.5. The minimum absolute atomic E-state index is 0.0464. The second kappa shape index (κ2) is 5.96. The van der Waals surface area contributed by atoms with Crippen LogP contribution in [0.1, 0.15) is 16.1 Å². The van der Waals surface area contributed by atoms with Gasteiger partial charge in [-0.05, 0) is 31.2 Å². The van der Waals surface area contributed by atoms with Gasteiger partial charge in [0.15, 0.2) is 0 Å². The maximum Gasteiger partial charge on any atom is 0.254 e. The quantitative estimate of drug-likeness (QED) is 0.712. The van der Waals surface area contributed by atoms with Crippen molar-refractivity contribution < 1.29 is 9.53 Å². The van der Waals surface area contributed by atoms with Gasteiger partial charge in [0, 0.05) is 24.4 Å². The highest BCUT2D eigenvalue weighted by Crippen LogP contribution is 2.21. The SMILES string of the molecule is Cc1cc(OC2CN(C(=O)c3ccc4nsnc4c3)C2)cc(=O)n1C. The van der Waals surface area contributed by atoms with Crippen LogP contribution >= 0.6 is 11.7 Å². The highest BCUT2D eigenvalue weighted by molar-refractivity contribution is 7.00. The third kappa shape index (κ3) is 2.89. The Morgan fingerprint density at radius 3 is 2.72 bits per heavy atom. The first-order valence-corrected chi connectivity index (χ1v) is 8.60. The summed E-state index contributed by atoms with van der Waals surface area (Å²) in [6.07, 6.45) is -0.0971. The number of rotatable bonds is 3. The molecule has 8 heteroatoms. The van der Waals surface area contributed by atoms with Crippen LogP contribution in [0.25, 0.3) is 11.0 Å². The lowest BCUT2D eigenvalue weighted by atomic mass is 10.1. The van der Waals surface area contributed by atoms with E-state index in [4.69, 9.17) is 4.74 Å². The molecule has 0 bridgehead atoms. The number of likely N-dealkylation sites (tertiary alicyclic amines) is 1. The molecule has 7 nitrogen and oxygen atoms in total. The van der Waals surface area contributed by atoms with Gasteiger partial charge in [-0.1, -0.05) is 0 Å². The summed E-state index contributed by atoms with van der Waals surface area (Å²) < 4.78 is 15.7. The molecule has 0 atom stereocenters. The topological polar surface area (TPSA) is 77.3 Å². The Hall–Kier alpha value is -2.74. The summed E-state index contributed by atoms with van der Waals surface area (Å²) in [6.45, 7) is 2.86. The van der Waals surface area contributed by atoms with Crippen molar-refractivity contribution in [1.29, 1.82) is 0 Å². The van der Waals surface area contributed by atoms with Crippen LogP contribution in [0.4, 0.5) is 0 Å². The van der Waals surface area contributed by atoms with Gasteiger partial charge in [0.2, 0.25) is 0 Å². The minimum atomic E-state index is -0.104. The number of amides is 1. The van der Waals surface area contributed by atoms with Crippen molar-refractivity contribution in [2.75, 3.05) is 13.1 Å². The molecule has 0 N–H and O–H groups in total. The monoisotopic (exact) mass is 356 g/mol. The van der Waals surface area contributed by atoms with E-state index in [1.165, 1.54) is 6.07 Å². The number of hydrogen-bond donors (Lipinski definition) is 0. The van der Waals surface area contributed by atoms with E-state index in [1.807, 2.05) is 19.1 Å². The van der Waals surface area contributed by atoms with Crippen molar-refractivity contribution >= 4 is 28.7 Å². The lowest BCUT2D eigenvalue weighted by molar-refractivity contribution is 0.0177. The Labute approximate surface area is 147 Å². The molecule has 3 heterocycles. The standard InChI is InChI=1S/C17H16N4O3S/c1-10-5-12(7-16(22)20(10)2)24-13-8-21(9-13)17(23)11-3-4-14-15(6-11)19-25-18-14/h3-7,13H,8-9H2,1-2H3. The zero-order valence-corrected chi connectivity index (χ0v) is 14.6. The van der Waals surface area contributed by atoms with E-state index in [-0.39, 0.29) is 17.6 Å². The predicted molar refractivity (Wildman–Crippen MR) is 94.2 cm³/mol. The number of aryl methyl sites for hydroxylation is 1. The average Bonchev–Trinajstić information content (AvgIpc) is 3.02. The smallest absolute Gasteiger partial charge is 0.254 e. The fourth-order valence-corrected chi connectivity index (χ4v) is 3.29. The molecule has 1 saturated heterocycles. The van der Waals surface area contributed by atoms with E-state index in [2.05, 4.69) is 8.75 Å². The average molecular weight is 356 g/mol.